The lowest BCUT2D eigenvalue weighted by atomic mass is 10.0. The average Bonchev–Trinajstić information content (AvgIpc) is 3.12. The third-order valence-electron chi connectivity index (χ3n) is 6.11. The summed E-state index contributed by atoms with van der Waals surface area (Å²) in [6, 6.07) is 10.1. The van der Waals surface area contributed by atoms with Crippen LogP contribution in [0.2, 0.25) is 5.02 Å². The van der Waals surface area contributed by atoms with Gasteiger partial charge < -0.3 is 9.64 Å². The number of aromatic nitrogens is 1. The van der Waals surface area contributed by atoms with Gasteiger partial charge in [0.25, 0.3) is 5.91 Å². The van der Waals surface area contributed by atoms with Gasteiger partial charge in [0.15, 0.2) is 0 Å². The van der Waals surface area contributed by atoms with E-state index in [-0.39, 0.29) is 23.6 Å². The van der Waals surface area contributed by atoms with Gasteiger partial charge in [0.05, 0.1) is 16.6 Å². The highest BCUT2D eigenvalue weighted by Gasteiger charge is 2.42. The normalized spacial score (nSPS) is 20.5. The quantitative estimate of drug-likeness (QED) is 0.587. The van der Waals surface area contributed by atoms with Crippen molar-refractivity contribution in [3.8, 4) is 16.9 Å². The van der Waals surface area contributed by atoms with Gasteiger partial charge in [-0.25, -0.2) is 8.78 Å². The smallest absolute Gasteiger partial charge is 0.257 e. The first kappa shape index (κ1) is 20.8. The number of pyridine rings is 1. The van der Waals surface area contributed by atoms with Crippen molar-refractivity contribution in [2.24, 2.45) is 0 Å². The molecule has 1 fully saturated rings. The number of hydrogen-bond acceptors (Lipinski definition) is 4. The van der Waals surface area contributed by atoms with Crippen molar-refractivity contribution >= 4 is 17.5 Å². The summed E-state index contributed by atoms with van der Waals surface area (Å²) < 4.78 is 33.9. The van der Waals surface area contributed by atoms with Crippen molar-refractivity contribution in [2.75, 3.05) is 20.1 Å². The molecule has 8 heteroatoms. The lowest BCUT2D eigenvalue weighted by Gasteiger charge is -2.25. The van der Waals surface area contributed by atoms with E-state index >= 15 is 0 Å². The molecule has 5 nitrogen and oxygen atoms in total. The van der Waals surface area contributed by atoms with Crippen LogP contribution >= 0.6 is 11.6 Å². The standard InChI is InChI=1S/C24H20ClF2N3O2/c1-29-21-12-30(11-15-6-7-28-10-19(15)25)13-23(21)32-22-8-14(2-4-18(22)24(29)31)17-5-3-16(26)9-20(17)27/h2-10,21,23H,11-13H2,1H3/t21-,23+/m1/s1. The van der Waals surface area contributed by atoms with Gasteiger partial charge in [0.2, 0.25) is 0 Å². The van der Waals surface area contributed by atoms with Gasteiger partial charge in [-0.1, -0.05) is 17.7 Å². The Kier molecular flexibility index (Phi) is 5.31. The van der Waals surface area contributed by atoms with E-state index in [1.54, 1.807) is 42.5 Å². The topological polar surface area (TPSA) is 45.7 Å². The molecule has 32 heavy (non-hydrogen) atoms. The number of likely N-dealkylation sites (N-methyl/N-ethyl adjacent to an activating group) is 1. The maximum Gasteiger partial charge on any atom is 0.257 e. The van der Waals surface area contributed by atoms with E-state index in [9.17, 15) is 13.6 Å². The van der Waals surface area contributed by atoms with E-state index < -0.39 is 11.6 Å². The second-order valence-corrected chi connectivity index (χ2v) is 8.54. The molecule has 0 saturated carbocycles. The Morgan fingerprint density at radius 2 is 1.94 bits per heavy atom. The number of halogens is 3. The Balaban J connectivity index is 1.44. The number of benzene rings is 2. The predicted octanol–water partition coefficient (Wildman–Crippen LogP) is 4.40. The zero-order chi connectivity index (χ0) is 22.4. The number of ether oxygens (including phenoxy) is 1. The molecule has 1 aromatic heterocycles. The van der Waals surface area contributed by atoms with Crippen molar-refractivity contribution in [1.82, 2.24) is 14.8 Å². The maximum atomic E-state index is 14.3. The summed E-state index contributed by atoms with van der Waals surface area (Å²) in [7, 11) is 1.77. The number of carbonyl (C=O) groups is 1. The van der Waals surface area contributed by atoms with E-state index in [0.29, 0.717) is 41.5 Å². The van der Waals surface area contributed by atoms with Crippen molar-refractivity contribution in [3.05, 3.63) is 82.6 Å². The van der Waals surface area contributed by atoms with Crippen LogP contribution < -0.4 is 4.74 Å². The monoisotopic (exact) mass is 455 g/mol. The van der Waals surface area contributed by atoms with Crippen molar-refractivity contribution < 1.29 is 18.3 Å². The molecule has 1 saturated heterocycles. The molecule has 0 N–H and O–H groups in total. The largest absolute Gasteiger partial charge is 0.486 e. The summed E-state index contributed by atoms with van der Waals surface area (Å²) in [5.41, 5.74) is 2.16. The number of amides is 1. The summed E-state index contributed by atoms with van der Waals surface area (Å²) in [5.74, 6) is -1.06. The predicted molar refractivity (Wildman–Crippen MR) is 117 cm³/mol. The van der Waals surface area contributed by atoms with Crippen LogP contribution in [0.3, 0.4) is 0 Å². The number of nitrogens with zero attached hydrogens (tertiary/aromatic N) is 3. The number of hydrogen-bond donors (Lipinski definition) is 0. The van der Waals surface area contributed by atoms with E-state index in [1.165, 1.54) is 12.1 Å². The highest BCUT2D eigenvalue weighted by molar-refractivity contribution is 6.31. The third-order valence-corrected chi connectivity index (χ3v) is 6.45. The summed E-state index contributed by atoms with van der Waals surface area (Å²) in [6.45, 7) is 1.86. The van der Waals surface area contributed by atoms with Crippen LogP contribution in [0, 0.1) is 11.6 Å². The molecule has 3 heterocycles. The Hall–Kier alpha value is -3.03. The van der Waals surface area contributed by atoms with Crippen molar-refractivity contribution in [1.29, 1.82) is 0 Å². The van der Waals surface area contributed by atoms with E-state index in [2.05, 4.69) is 9.88 Å². The van der Waals surface area contributed by atoms with Gasteiger partial charge in [0, 0.05) is 50.7 Å². The maximum absolute atomic E-state index is 14.3. The first-order valence-corrected chi connectivity index (χ1v) is 10.6. The van der Waals surface area contributed by atoms with E-state index in [4.69, 9.17) is 16.3 Å². The molecule has 2 atom stereocenters. The van der Waals surface area contributed by atoms with Crippen LogP contribution in [-0.2, 0) is 6.54 Å². The fourth-order valence-electron chi connectivity index (χ4n) is 4.41. The second kappa shape index (κ2) is 8.15. The molecule has 2 aromatic carbocycles. The molecule has 164 valence electrons. The first-order chi connectivity index (χ1) is 15.4. The summed E-state index contributed by atoms with van der Waals surface area (Å²) in [4.78, 5) is 21.1. The molecule has 0 aliphatic carbocycles. The summed E-state index contributed by atoms with van der Waals surface area (Å²) >= 11 is 6.26. The molecular formula is C24H20ClF2N3O2. The number of fused-ring (bicyclic) bond motifs is 2. The Morgan fingerprint density at radius 1 is 1.12 bits per heavy atom. The molecule has 0 spiro atoms. The van der Waals surface area contributed by atoms with Crippen LogP contribution in [-0.4, -0.2) is 53.0 Å². The second-order valence-electron chi connectivity index (χ2n) is 8.14. The molecule has 0 bridgehead atoms. The molecule has 1 amide bonds. The SMILES string of the molecule is CN1C(=O)c2ccc(-c3ccc(F)cc3F)cc2O[C@H]2CN(Cc3ccncc3Cl)C[C@H]21. The lowest BCUT2D eigenvalue weighted by molar-refractivity contribution is 0.0682. The molecular weight excluding hydrogens is 436 g/mol. The molecule has 5 rings (SSSR count). The zero-order valence-corrected chi connectivity index (χ0v) is 18.0. The zero-order valence-electron chi connectivity index (χ0n) is 17.3. The van der Waals surface area contributed by atoms with Crippen LogP contribution in [0.25, 0.3) is 11.1 Å². The van der Waals surface area contributed by atoms with Crippen molar-refractivity contribution in [3.63, 3.8) is 0 Å². The Morgan fingerprint density at radius 3 is 2.72 bits per heavy atom. The highest BCUT2D eigenvalue weighted by Crippen LogP contribution is 2.35. The fourth-order valence-corrected chi connectivity index (χ4v) is 4.59. The van der Waals surface area contributed by atoms with Gasteiger partial charge in [-0.2, -0.15) is 0 Å². The van der Waals surface area contributed by atoms with Gasteiger partial charge in [-0.3, -0.25) is 14.7 Å². The van der Waals surface area contributed by atoms with Crippen LogP contribution in [0.5, 0.6) is 5.75 Å². The van der Waals surface area contributed by atoms with Gasteiger partial charge in [-0.05, 0) is 41.5 Å². The van der Waals surface area contributed by atoms with E-state index in [1.807, 2.05) is 6.07 Å². The highest BCUT2D eigenvalue weighted by atomic mass is 35.5. The Bertz CT molecular complexity index is 1210. The van der Waals surface area contributed by atoms with E-state index in [0.717, 1.165) is 11.6 Å². The van der Waals surface area contributed by atoms with Gasteiger partial charge in [0.1, 0.15) is 23.5 Å². The summed E-state index contributed by atoms with van der Waals surface area (Å²) in [6.07, 6.45) is 3.07. The van der Waals surface area contributed by atoms with Gasteiger partial charge >= 0.3 is 0 Å². The van der Waals surface area contributed by atoms with Crippen LogP contribution in [0.4, 0.5) is 8.78 Å². The number of likely N-dealkylation sites (tertiary alicyclic amines) is 1. The summed E-state index contributed by atoms with van der Waals surface area (Å²) in [5, 5.41) is 0.598. The third kappa shape index (κ3) is 3.72. The molecule has 2 aliphatic rings. The number of carbonyl (C=O) groups excluding carboxylic acids is 1. The fraction of sp³-hybridized carbons (Fsp3) is 0.250. The minimum Gasteiger partial charge on any atom is -0.486 e. The Labute approximate surface area is 189 Å². The van der Waals surface area contributed by atoms with Gasteiger partial charge in [-0.15, -0.1) is 0 Å². The molecule has 0 radical (unpaired) electrons. The minimum absolute atomic E-state index is 0.137. The minimum atomic E-state index is -0.666. The molecule has 3 aromatic rings. The number of rotatable bonds is 3. The van der Waals surface area contributed by atoms with Crippen LogP contribution in [0.1, 0.15) is 15.9 Å². The lowest BCUT2D eigenvalue weighted by Crippen LogP contribution is -2.44. The molecule has 2 aliphatic heterocycles. The molecule has 0 unspecified atom stereocenters. The first-order valence-electron chi connectivity index (χ1n) is 10.2. The van der Waals surface area contributed by atoms with Crippen molar-refractivity contribution in [2.45, 2.75) is 18.7 Å². The van der Waals surface area contributed by atoms with Crippen LogP contribution in [0.15, 0.2) is 54.9 Å². The average molecular weight is 456 g/mol.